The van der Waals surface area contributed by atoms with Crippen molar-refractivity contribution in [2.24, 2.45) is 16.6 Å². The zero-order valence-corrected chi connectivity index (χ0v) is 11.9. The molecule has 4 N–H and O–H groups in total. The second-order valence-corrected chi connectivity index (χ2v) is 5.16. The zero-order chi connectivity index (χ0) is 14.4. The van der Waals surface area contributed by atoms with Gasteiger partial charge in [0.25, 0.3) is 5.91 Å². The Morgan fingerprint density at radius 3 is 2.60 bits per heavy atom. The van der Waals surface area contributed by atoms with E-state index in [1.807, 2.05) is 12.1 Å². The molecule has 0 atom stereocenters. The molecule has 0 aliphatic heterocycles. The van der Waals surface area contributed by atoms with Crippen molar-refractivity contribution in [2.45, 2.75) is 25.8 Å². The number of hydrogen-bond acceptors (Lipinski definition) is 2. The van der Waals surface area contributed by atoms with E-state index in [4.69, 9.17) is 5.73 Å². The molecule has 1 saturated carbocycles. The van der Waals surface area contributed by atoms with Crippen molar-refractivity contribution >= 4 is 11.9 Å². The van der Waals surface area contributed by atoms with Crippen LogP contribution in [0, 0.1) is 5.92 Å². The van der Waals surface area contributed by atoms with Crippen LogP contribution in [0.1, 0.15) is 35.2 Å². The van der Waals surface area contributed by atoms with Gasteiger partial charge in [0.05, 0.1) is 6.54 Å². The minimum Gasteiger partial charge on any atom is -0.370 e. The lowest BCUT2D eigenvalue weighted by Gasteiger charge is -2.25. The number of guanidine groups is 1. The third kappa shape index (κ3) is 3.98. The molecular weight excluding hydrogens is 252 g/mol. The topological polar surface area (TPSA) is 79.5 Å². The van der Waals surface area contributed by atoms with Crippen LogP contribution in [-0.4, -0.2) is 25.5 Å². The van der Waals surface area contributed by atoms with E-state index >= 15 is 0 Å². The van der Waals surface area contributed by atoms with Crippen molar-refractivity contribution in [1.82, 2.24) is 10.6 Å². The Morgan fingerprint density at radius 1 is 1.35 bits per heavy atom. The first-order chi connectivity index (χ1) is 9.69. The molecule has 1 aliphatic carbocycles. The summed E-state index contributed by atoms with van der Waals surface area (Å²) in [5, 5.41) is 5.75. The molecule has 0 saturated heterocycles. The maximum Gasteiger partial charge on any atom is 0.251 e. The molecule has 5 nitrogen and oxygen atoms in total. The number of hydrogen-bond donors (Lipinski definition) is 3. The summed E-state index contributed by atoms with van der Waals surface area (Å²) in [5.41, 5.74) is 7.51. The van der Waals surface area contributed by atoms with Crippen LogP contribution in [0.25, 0.3) is 0 Å². The molecule has 5 heteroatoms. The van der Waals surface area contributed by atoms with Crippen LogP contribution < -0.4 is 16.4 Å². The smallest absolute Gasteiger partial charge is 0.251 e. The first kappa shape index (κ1) is 14.4. The van der Waals surface area contributed by atoms with Crippen LogP contribution in [0.15, 0.2) is 29.3 Å². The Bertz CT molecular complexity index is 477. The van der Waals surface area contributed by atoms with Gasteiger partial charge < -0.3 is 16.4 Å². The lowest BCUT2D eigenvalue weighted by molar-refractivity contribution is 0.0963. The third-order valence-electron chi connectivity index (χ3n) is 3.67. The van der Waals surface area contributed by atoms with Gasteiger partial charge in [-0.1, -0.05) is 18.6 Å². The van der Waals surface area contributed by atoms with Gasteiger partial charge in [0.1, 0.15) is 0 Å². The number of benzene rings is 1. The first-order valence-electron chi connectivity index (χ1n) is 7.04. The molecule has 0 heterocycles. The molecule has 0 unspecified atom stereocenters. The van der Waals surface area contributed by atoms with Crippen LogP contribution in [0.2, 0.25) is 0 Å². The molecule has 0 aromatic heterocycles. The van der Waals surface area contributed by atoms with Gasteiger partial charge in [0, 0.05) is 19.2 Å². The van der Waals surface area contributed by atoms with Gasteiger partial charge in [-0.3, -0.25) is 4.79 Å². The fraction of sp³-hybridized carbons (Fsp3) is 0.467. The summed E-state index contributed by atoms with van der Waals surface area (Å²) in [6.07, 6.45) is 3.92. The van der Waals surface area contributed by atoms with Crippen LogP contribution in [-0.2, 0) is 6.54 Å². The molecule has 20 heavy (non-hydrogen) atoms. The van der Waals surface area contributed by atoms with Gasteiger partial charge in [-0.2, -0.15) is 0 Å². The van der Waals surface area contributed by atoms with E-state index in [0.717, 1.165) is 18.0 Å². The average molecular weight is 274 g/mol. The lowest BCUT2D eigenvalue weighted by atomic mass is 9.85. The summed E-state index contributed by atoms with van der Waals surface area (Å²) in [6.45, 7) is 1.45. The number of carbonyl (C=O) groups is 1. The Kier molecular flexibility index (Phi) is 4.98. The van der Waals surface area contributed by atoms with Gasteiger partial charge in [0.2, 0.25) is 0 Å². The van der Waals surface area contributed by atoms with Crippen LogP contribution in [0.3, 0.4) is 0 Å². The van der Waals surface area contributed by atoms with E-state index in [2.05, 4.69) is 15.6 Å². The molecule has 108 valence electrons. The minimum absolute atomic E-state index is 0.0817. The summed E-state index contributed by atoms with van der Waals surface area (Å²) in [5.74, 6) is 1.17. The zero-order valence-electron chi connectivity index (χ0n) is 11.9. The Labute approximate surface area is 119 Å². The summed E-state index contributed by atoms with van der Waals surface area (Å²) < 4.78 is 0. The van der Waals surface area contributed by atoms with E-state index in [1.54, 1.807) is 19.2 Å². The molecule has 1 amide bonds. The number of nitrogens with two attached hydrogens (primary N) is 1. The van der Waals surface area contributed by atoms with Crippen molar-refractivity contribution < 1.29 is 4.79 Å². The van der Waals surface area contributed by atoms with Gasteiger partial charge in [-0.25, -0.2) is 4.99 Å². The van der Waals surface area contributed by atoms with Gasteiger partial charge in [-0.05, 0) is 36.5 Å². The van der Waals surface area contributed by atoms with Crippen molar-refractivity contribution in [2.75, 3.05) is 13.6 Å². The normalized spacial score (nSPS) is 15.6. The highest BCUT2D eigenvalue weighted by Crippen LogP contribution is 2.24. The van der Waals surface area contributed by atoms with E-state index < -0.39 is 0 Å². The largest absolute Gasteiger partial charge is 0.370 e. The number of nitrogens with one attached hydrogen (secondary N) is 2. The monoisotopic (exact) mass is 274 g/mol. The summed E-state index contributed by atoms with van der Waals surface area (Å²) in [6, 6.07) is 7.38. The molecule has 1 aromatic rings. The fourth-order valence-corrected chi connectivity index (χ4v) is 2.08. The molecule has 1 aromatic carbocycles. The molecule has 1 fully saturated rings. The standard InChI is InChI=1S/C15H22N4O/c1-17-14(20)13-7-5-12(6-8-13)10-19-15(16)18-9-11-3-2-4-11/h5-8,11H,2-4,9-10H2,1H3,(H,17,20)(H3,16,18,19). The minimum atomic E-state index is -0.0817. The van der Waals surface area contributed by atoms with Crippen molar-refractivity contribution in [1.29, 1.82) is 0 Å². The Hall–Kier alpha value is -2.04. The van der Waals surface area contributed by atoms with E-state index in [-0.39, 0.29) is 5.91 Å². The van der Waals surface area contributed by atoms with E-state index in [9.17, 15) is 4.79 Å². The lowest BCUT2D eigenvalue weighted by Crippen LogP contribution is -2.37. The molecule has 0 bridgehead atoms. The van der Waals surface area contributed by atoms with Gasteiger partial charge in [-0.15, -0.1) is 0 Å². The van der Waals surface area contributed by atoms with Crippen molar-refractivity contribution in [3.8, 4) is 0 Å². The molecule has 0 spiro atoms. The predicted molar refractivity (Wildman–Crippen MR) is 80.5 cm³/mol. The highest BCUT2D eigenvalue weighted by Gasteiger charge is 2.16. The second kappa shape index (κ2) is 6.93. The molecule has 2 rings (SSSR count). The highest BCUT2D eigenvalue weighted by molar-refractivity contribution is 5.93. The quantitative estimate of drug-likeness (QED) is 0.558. The summed E-state index contributed by atoms with van der Waals surface area (Å²) >= 11 is 0. The Morgan fingerprint density at radius 2 is 2.05 bits per heavy atom. The number of aliphatic imine (C=N–C) groups is 1. The number of carbonyl (C=O) groups excluding carboxylic acids is 1. The SMILES string of the molecule is CNC(=O)c1ccc(CN=C(N)NCC2CCC2)cc1. The van der Waals surface area contributed by atoms with Gasteiger partial charge in [0.15, 0.2) is 5.96 Å². The summed E-state index contributed by atoms with van der Waals surface area (Å²) in [4.78, 5) is 15.7. The predicted octanol–water partition coefficient (Wildman–Crippen LogP) is 1.25. The maximum absolute atomic E-state index is 11.4. The van der Waals surface area contributed by atoms with Gasteiger partial charge >= 0.3 is 0 Å². The third-order valence-corrected chi connectivity index (χ3v) is 3.67. The van der Waals surface area contributed by atoms with E-state index in [0.29, 0.717) is 18.1 Å². The maximum atomic E-state index is 11.4. The second-order valence-electron chi connectivity index (χ2n) is 5.16. The fourth-order valence-electron chi connectivity index (χ4n) is 2.08. The highest BCUT2D eigenvalue weighted by atomic mass is 16.1. The Balaban J connectivity index is 1.81. The van der Waals surface area contributed by atoms with Crippen LogP contribution in [0.5, 0.6) is 0 Å². The van der Waals surface area contributed by atoms with Crippen LogP contribution in [0.4, 0.5) is 0 Å². The number of nitrogens with zero attached hydrogens (tertiary/aromatic N) is 1. The van der Waals surface area contributed by atoms with Crippen molar-refractivity contribution in [3.63, 3.8) is 0 Å². The first-order valence-corrected chi connectivity index (χ1v) is 7.04. The molecule has 0 radical (unpaired) electrons. The number of rotatable bonds is 5. The van der Waals surface area contributed by atoms with Crippen LogP contribution >= 0.6 is 0 Å². The van der Waals surface area contributed by atoms with E-state index in [1.165, 1.54) is 19.3 Å². The van der Waals surface area contributed by atoms with Crippen molar-refractivity contribution in [3.05, 3.63) is 35.4 Å². The molecule has 1 aliphatic rings. The number of amides is 1. The average Bonchev–Trinajstić information content (AvgIpc) is 2.43. The molecular formula is C15H22N4O. The summed E-state index contributed by atoms with van der Waals surface area (Å²) in [7, 11) is 1.62.